The summed E-state index contributed by atoms with van der Waals surface area (Å²) < 4.78 is 1.96. The summed E-state index contributed by atoms with van der Waals surface area (Å²) in [4.78, 5) is 21.1. The highest BCUT2D eigenvalue weighted by Crippen LogP contribution is 2.30. The lowest BCUT2D eigenvalue weighted by atomic mass is 10.0. The van der Waals surface area contributed by atoms with Crippen molar-refractivity contribution < 1.29 is 0 Å². The molecule has 6 rings (SSSR count). The zero-order chi connectivity index (χ0) is 20.1. The number of imidazole rings is 2. The number of aromatic nitrogens is 8. The van der Waals surface area contributed by atoms with Crippen LogP contribution in [0.25, 0.3) is 50.4 Å². The van der Waals surface area contributed by atoms with Crippen molar-refractivity contribution >= 4 is 22.1 Å². The Bertz CT molecular complexity index is 1510. The average molecular weight is 392 g/mol. The standard InChI is InChI=1S/C22H16N8/c1-13-11-30(12-25-13)18-6-8-24-21-20(18)26-22(27-21)19-16-9-14(4-5-17(16)28-29-19)15-3-2-7-23-10-15/h2-12H,1H3,(H,28,29)(H,24,26,27). The predicted octanol–water partition coefficient (Wildman–Crippen LogP) is 4.06. The lowest BCUT2D eigenvalue weighted by Crippen LogP contribution is -1.92. The largest absolute Gasteiger partial charge is 0.333 e. The van der Waals surface area contributed by atoms with Gasteiger partial charge in [-0.05, 0) is 36.8 Å². The first-order valence-electron chi connectivity index (χ1n) is 9.51. The van der Waals surface area contributed by atoms with Crippen LogP contribution >= 0.6 is 0 Å². The molecule has 0 atom stereocenters. The Hall–Kier alpha value is -4.33. The van der Waals surface area contributed by atoms with Crippen molar-refractivity contribution in [3.8, 4) is 28.3 Å². The summed E-state index contributed by atoms with van der Waals surface area (Å²) in [5.74, 6) is 0.663. The van der Waals surface area contributed by atoms with Gasteiger partial charge in [-0.25, -0.2) is 15.0 Å². The Labute approximate surface area is 170 Å². The normalized spacial score (nSPS) is 11.5. The van der Waals surface area contributed by atoms with E-state index in [1.54, 1.807) is 18.7 Å². The zero-order valence-electron chi connectivity index (χ0n) is 16.0. The molecule has 0 amide bonds. The molecule has 0 bridgehead atoms. The lowest BCUT2D eigenvalue weighted by Gasteiger charge is -2.02. The topological polar surface area (TPSA) is 101 Å². The first kappa shape index (κ1) is 16.6. The maximum atomic E-state index is 4.71. The average Bonchev–Trinajstić information content (AvgIpc) is 3.51. The van der Waals surface area contributed by atoms with Crippen LogP contribution in [0.15, 0.2) is 67.5 Å². The molecule has 5 heterocycles. The molecule has 6 aromatic rings. The van der Waals surface area contributed by atoms with Crippen LogP contribution in [0.3, 0.4) is 0 Å². The van der Waals surface area contributed by atoms with E-state index in [-0.39, 0.29) is 0 Å². The van der Waals surface area contributed by atoms with Crippen LogP contribution in [0.4, 0.5) is 0 Å². The molecule has 0 aliphatic heterocycles. The summed E-state index contributed by atoms with van der Waals surface area (Å²) in [6.45, 7) is 1.96. The minimum Gasteiger partial charge on any atom is -0.333 e. The van der Waals surface area contributed by atoms with Gasteiger partial charge in [-0.2, -0.15) is 5.10 Å². The monoisotopic (exact) mass is 392 g/mol. The van der Waals surface area contributed by atoms with Crippen LogP contribution in [0.1, 0.15) is 5.69 Å². The Morgan fingerprint density at radius 2 is 1.97 bits per heavy atom. The number of fused-ring (bicyclic) bond motifs is 2. The highest BCUT2D eigenvalue weighted by Gasteiger charge is 2.16. The van der Waals surface area contributed by atoms with Crippen LogP contribution in [0.2, 0.25) is 0 Å². The quantitative estimate of drug-likeness (QED) is 0.473. The highest BCUT2D eigenvalue weighted by atomic mass is 15.1. The number of benzene rings is 1. The summed E-state index contributed by atoms with van der Waals surface area (Å²) in [5, 5.41) is 8.60. The molecule has 0 saturated carbocycles. The number of aromatic amines is 2. The second kappa shape index (κ2) is 6.35. The van der Waals surface area contributed by atoms with Crippen molar-refractivity contribution in [1.29, 1.82) is 0 Å². The van der Waals surface area contributed by atoms with Crippen molar-refractivity contribution in [3.63, 3.8) is 0 Å². The van der Waals surface area contributed by atoms with E-state index in [1.807, 2.05) is 48.1 Å². The van der Waals surface area contributed by atoms with E-state index >= 15 is 0 Å². The molecule has 8 nitrogen and oxygen atoms in total. The van der Waals surface area contributed by atoms with Gasteiger partial charge in [0.15, 0.2) is 11.5 Å². The molecule has 30 heavy (non-hydrogen) atoms. The van der Waals surface area contributed by atoms with Crippen LogP contribution in [-0.4, -0.2) is 39.7 Å². The molecule has 0 aliphatic carbocycles. The van der Waals surface area contributed by atoms with E-state index in [0.717, 1.165) is 44.6 Å². The lowest BCUT2D eigenvalue weighted by molar-refractivity contribution is 1.06. The van der Waals surface area contributed by atoms with Crippen LogP contribution in [-0.2, 0) is 0 Å². The van der Waals surface area contributed by atoms with E-state index in [9.17, 15) is 0 Å². The Morgan fingerprint density at radius 1 is 1.00 bits per heavy atom. The van der Waals surface area contributed by atoms with E-state index in [2.05, 4.69) is 42.3 Å². The minimum atomic E-state index is 0.633. The van der Waals surface area contributed by atoms with Gasteiger partial charge in [0.2, 0.25) is 0 Å². The molecule has 5 aromatic heterocycles. The number of nitrogens with zero attached hydrogens (tertiary/aromatic N) is 6. The molecule has 144 valence electrons. The number of rotatable bonds is 3. The van der Waals surface area contributed by atoms with E-state index in [4.69, 9.17) is 4.98 Å². The molecule has 0 spiro atoms. The van der Waals surface area contributed by atoms with E-state index in [0.29, 0.717) is 11.5 Å². The number of aryl methyl sites for hydroxylation is 1. The van der Waals surface area contributed by atoms with E-state index < -0.39 is 0 Å². The van der Waals surface area contributed by atoms with Crippen LogP contribution in [0, 0.1) is 6.92 Å². The molecule has 1 aromatic carbocycles. The van der Waals surface area contributed by atoms with Crippen molar-refractivity contribution in [3.05, 3.63) is 73.2 Å². The molecule has 0 unspecified atom stereocenters. The SMILES string of the molecule is Cc1cn(-c2ccnc3nc(-c4n[nH]c5ccc(-c6cccnc6)cc45)[nH]c23)cn1. The molecular weight excluding hydrogens is 376 g/mol. The van der Waals surface area contributed by atoms with Gasteiger partial charge < -0.3 is 9.55 Å². The molecule has 0 fully saturated rings. The van der Waals surface area contributed by atoms with Gasteiger partial charge in [0.25, 0.3) is 0 Å². The van der Waals surface area contributed by atoms with Gasteiger partial charge in [0, 0.05) is 35.7 Å². The van der Waals surface area contributed by atoms with Gasteiger partial charge in [0.1, 0.15) is 11.2 Å². The highest BCUT2D eigenvalue weighted by molar-refractivity contribution is 5.96. The maximum Gasteiger partial charge on any atom is 0.180 e. The van der Waals surface area contributed by atoms with Crippen molar-refractivity contribution in [2.75, 3.05) is 0 Å². The van der Waals surface area contributed by atoms with Gasteiger partial charge in [-0.3, -0.25) is 10.1 Å². The van der Waals surface area contributed by atoms with Gasteiger partial charge in [-0.15, -0.1) is 0 Å². The van der Waals surface area contributed by atoms with Crippen LogP contribution in [0.5, 0.6) is 0 Å². The van der Waals surface area contributed by atoms with Crippen molar-refractivity contribution in [1.82, 2.24) is 39.7 Å². The summed E-state index contributed by atoms with van der Waals surface area (Å²) in [6, 6.07) is 12.1. The third-order valence-electron chi connectivity index (χ3n) is 5.14. The summed E-state index contributed by atoms with van der Waals surface area (Å²) in [5.41, 5.74) is 7.17. The molecule has 0 aliphatic rings. The molecule has 2 N–H and O–H groups in total. The van der Waals surface area contributed by atoms with Gasteiger partial charge >= 0.3 is 0 Å². The number of nitrogens with one attached hydrogen (secondary N) is 2. The van der Waals surface area contributed by atoms with Crippen molar-refractivity contribution in [2.24, 2.45) is 0 Å². The first-order chi connectivity index (χ1) is 14.8. The number of hydrogen-bond acceptors (Lipinski definition) is 5. The molecule has 0 radical (unpaired) electrons. The number of H-pyrrole nitrogens is 2. The minimum absolute atomic E-state index is 0.633. The van der Waals surface area contributed by atoms with Crippen LogP contribution < -0.4 is 0 Å². The first-order valence-corrected chi connectivity index (χ1v) is 9.51. The second-order valence-corrected chi connectivity index (χ2v) is 7.11. The van der Waals surface area contributed by atoms with E-state index in [1.165, 1.54) is 0 Å². The molecular formula is C22H16N8. The van der Waals surface area contributed by atoms with Gasteiger partial charge in [0.05, 0.1) is 23.2 Å². The number of pyridine rings is 2. The molecule has 0 saturated heterocycles. The summed E-state index contributed by atoms with van der Waals surface area (Å²) in [7, 11) is 0. The fourth-order valence-electron chi connectivity index (χ4n) is 3.69. The zero-order valence-corrected chi connectivity index (χ0v) is 16.0. The Morgan fingerprint density at radius 3 is 2.80 bits per heavy atom. The van der Waals surface area contributed by atoms with Crippen molar-refractivity contribution in [2.45, 2.75) is 6.92 Å². The summed E-state index contributed by atoms with van der Waals surface area (Å²) >= 11 is 0. The molecule has 8 heteroatoms. The maximum absolute atomic E-state index is 4.71. The fraction of sp³-hybridized carbons (Fsp3) is 0.0455. The smallest absolute Gasteiger partial charge is 0.180 e. The third-order valence-corrected chi connectivity index (χ3v) is 5.14. The van der Waals surface area contributed by atoms with Gasteiger partial charge in [-0.1, -0.05) is 12.1 Å². The predicted molar refractivity (Wildman–Crippen MR) is 114 cm³/mol. The number of hydrogen-bond donors (Lipinski definition) is 2. The summed E-state index contributed by atoms with van der Waals surface area (Å²) in [6.07, 6.45) is 9.13. The second-order valence-electron chi connectivity index (χ2n) is 7.11. The Balaban J connectivity index is 1.52. The third kappa shape index (κ3) is 2.58. The fourth-order valence-corrected chi connectivity index (χ4v) is 3.69. The Kier molecular flexibility index (Phi) is 3.51.